The minimum atomic E-state index is -0.955. The van der Waals surface area contributed by atoms with Gasteiger partial charge in [-0.2, -0.15) is 0 Å². The van der Waals surface area contributed by atoms with Gasteiger partial charge in [-0.05, 0) is 77.3 Å². The maximum absolute atomic E-state index is 11.0. The van der Waals surface area contributed by atoms with Crippen molar-refractivity contribution < 1.29 is 39.5 Å². The average Bonchev–Trinajstić information content (AvgIpc) is 2.70. The van der Waals surface area contributed by atoms with Crippen LogP contribution in [0.3, 0.4) is 0 Å². The van der Waals surface area contributed by atoms with Gasteiger partial charge in [0, 0.05) is 6.54 Å². The number of carbonyl (C=O) groups is 1. The van der Waals surface area contributed by atoms with E-state index >= 15 is 0 Å². The van der Waals surface area contributed by atoms with Crippen LogP contribution in [-0.4, -0.2) is 30.5 Å². The molecule has 0 bridgehead atoms. The summed E-state index contributed by atoms with van der Waals surface area (Å²) in [5, 5.41) is 11.0. The van der Waals surface area contributed by atoms with E-state index in [0.29, 0.717) is 0 Å². The van der Waals surface area contributed by atoms with Crippen molar-refractivity contribution in [2.24, 2.45) is 0 Å². The van der Waals surface area contributed by atoms with Crippen molar-refractivity contribution >= 4 is 5.97 Å². The van der Waals surface area contributed by atoms with Crippen LogP contribution >= 0.6 is 0 Å². The maximum Gasteiger partial charge on any atom is 1.00 e. The zero-order valence-electron chi connectivity index (χ0n) is 20.5. The van der Waals surface area contributed by atoms with Crippen LogP contribution in [0.5, 0.6) is 0 Å². The summed E-state index contributed by atoms with van der Waals surface area (Å²) in [6.07, 6.45) is 28.8. The first-order valence-electron chi connectivity index (χ1n) is 12.4. The van der Waals surface area contributed by atoms with Crippen LogP contribution < -0.4 is 34.7 Å². The SMILES string of the molecule is CCCCCC/C=C/CCCCN(CCCC/C=C/CCCCCC)CC(=O)[O-].[Na+]. The van der Waals surface area contributed by atoms with Crippen LogP contribution in [0.2, 0.25) is 0 Å². The Bertz CT molecular complexity index is 380. The first kappa shape index (κ1) is 32.1. The summed E-state index contributed by atoms with van der Waals surface area (Å²) in [5.41, 5.74) is 0. The molecular weight excluding hydrogens is 381 g/mol. The summed E-state index contributed by atoms with van der Waals surface area (Å²) in [6.45, 7) is 6.29. The van der Waals surface area contributed by atoms with Crippen molar-refractivity contribution in [1.29, 1.82) is 0 Å². The van der Waals surface area contributed by atoms with E-state index in [1.165, 1.54) is 64.2 Å². The van der Waals surface area contributed by atoms with Gasteiger partial charge in [0.15, 0.2) is 0 Å². The molecule has 0 heterocycles. The van der Waals surface area contributed by atoms with Crippen LogP contribution in [0.4, 0.5) is 0 Å². The van der Waals surface area contributed by atoms with Crippen molar-refractivity contribution in [1.82, 2.24) is 4.90 Å². The number of carboxylic acids is 1. The monoisotopic (exact) mass is 429 g/mol. The molecule has 0 aliphatic heterocycles. The van der Waals surface area contributed by atoms with Gasteiger partial charge in [0.25, 0.3) is 0 Å². The fourth-order valence-corrected chi connectivity index (χ4v) is 3.50. The molecule has 0 aromatic rings. The van der Waals surface area contributed by atoms with E-state index in [2.05, 4.69) is 43.1 Å². The van der Waals surface area contributed by atoms with Gasteiger partial charge in [-0.1, -0.05) is 76.7 Å². The van der Waals surface area contributed by atoms with E-state index in [9.17, 15) is 9.90 Å². The van der Waals surface area contributed by atoms with E-state index in [-0.39, 0.29) is 36.1 Å². The van der Waals surface area contributed by atoms with Crippen LogP contribution in [0.25, 0.3) is 0 Å². The number of unbranched alkanes of at least 4 members (excludes halogenated alkanes) is 12. The molecule has 4 heteroatoms. The van der Waals surface area contributed by atoms with E-state index < -0.39 is 5.97 Å². The standard InChI is InChI=1S/C26H49NO2.Na/c1-3-5-7-9-11-13-15-17-19-21-23-27(25-26(28)29)24-22-20-18-16-14-12-10-8-6-4-2;/h13-16H,3-12,17-25H2,1-2H3,(H,28,29);/q;+1/p-1/b15-13+,16-14+;. The topological polar surface area (TPSA) is 43.4 Å². The van der Waals surface area contributed by atoms with Crippen molar-refractivity contribution in [3.8, 4) is 0 Å². The minimum Gasteiger partial charge on any atom is -0.549 e. The van der Waals surface area contributed by atoms with Gasteiger partial charge in [0.1, 0.15) is 0 Å². The minimum absolute atomic E-state index is 0. The van der Waals surface area contributed by atoms with E-state index in [1.807, 2.05) is 0 Å². The third-order valence-electron chi connectivity index (χ3n) is 5.32. The Morgan fingerprint density at radius 1 is 0.633 bits per heavy atom. The van der Waals surface area contributed by atoms with E-state index in [1.54, 1.807) is 0 Å². The normalized spacial score (nSPS) is 11.6. The number of aliphatic carboxylic acids is 1. The van der Waals surface area contributed by atoms with Gasteiger partial charge >= 0.3 is 29.6 Å². The van der Waals surface area contributed by atoms with E-state index in [0.717, 1.165) is 51.6 Å². The van der Waals surface area contributed by atoms with Crippen LogP contribution in [0.1, 0.15) is 117 Å². The summed E-state index contributed by atoms with van der Waals surface area (Å²) >= 11 is 0. The van der Waals surface area contributed by atoms with Crippen molar-refractivity contribution in [2.45, 2.75) is 117 Å². The van der Waals surface area contributed by atoms with E-state index in [4.69, 9.17) is 0 Å². The first-order chi connectivity index (χ1) is 14.2. The van der Waals surface area contributed by atoms with Gasteiger partial charge in [-0.15, -0.1) is 0 Å². The molecule has 0 rings (SSSR count). The number of carboxylic acid groups (broad SMARTS) is 1. The molecule has 0 atom stereocenters. The molecular formula is C26H48NNaO2. The number of nitrogens with zero attached hydrogens (tertiary/aromatic N) is 1. The molecule has 0 saturated heterocycles. The van der Waals surface area contributed by atoms with Crippen molar-refractivity contribution in [3.05, 3.63) is 24.3 Å². The van der Waals surface area contributed by atoms with Gasteiger partial charge in [0.05, 0.1) is 5.97 Å². The zero-order chi connectivity index (χ0) is 21.4. The van der Waals surface area contributed by atoms with Gasteiger partial charge in [0.2, 0.25) is 0 Å². The molecule has 0 amide bonds. The fraction of sp³-hybridized carbons (Fsp3) is 0.808. The van der Waals surface area contributed by atoms with Gasteiger partial charge in [-0.3, -0.25) is 4.90 Å². The Kier molecular flexibility index (Phi) is 28.8. The molecule has 0 saturated carbocycles. The molecule has 3 nitrogen and oxygen atoms in total. The first-order valence-corrected chi connectivity index (χ1v) is 12.4. The smallest absolute Gasteiger partial charge is 0.549 e. The van der Waals surface area contributed by atoms with Crippen molar-refractivity contribution in [3.63, 3.8) is 0 Å². The van der Waals surface area contributed by atoms with Crippen LogP contribution in [0, 0.1) is 0 Å². The maximum atomic E-state index is 11.0. The summed E-state index contributed by atoms with van der Waals surface area (Å²) in [6, 6.07) is 0. The fourth-order valence-electron chi connectivity index (χ4n) is 3.50. The van der Waals surface area contributed by atoms with Gasteiger partial charge in [-0.25, -0.2) is 0 Å². The molecule has 30 heavy (non-hydrogen) atoms. The average molecular weight is 430 g/mol. The Labute approximate surface area is 210 Å². The predicted octanol–water partition coefficient (Wildman–Crippen LogP) is 3.44. The van der Waals surface area contributed by atoms with Crippen molar-refractivity contribution in [2.75, 3.05) is 19.6 Å². The third-order valence-corrected chi connectivity index (χ3v) is 5.32. The summed E-state index contributed by atoms with van der Waals surface area (Å²) in [5.74, 6) is -0.955. The molecule has 0 N–H and O–H groups in total. The number of rotatable bonds is 22. The van der Waals surface area contributed by atoms with Gasteiger partial charge < -0.3 is 9.90 Å². The Morgan fingerprint density at radius 2 is 1.00 bits per heavy atom. The van der Waals surface area contributed by atoms with Crippen LogP contribution in [-0.2, 0) is 4.79 Å². The second kappa shape index (κ2) is 26.9. The second-order valence-corrected chi connectivity index (χ2v) is 8.28. The zero-order valence-corrected chi connectivity index (χ0v) is 22.5. The molecule has 170 valence electrons. The summed E-state index contributed by atoms with van der Waals surface area (Å²) in [7, 11) is 0. The number of hydrogen-bond acceptors (Lipinski definition) is 3. The molecule has 0 radical (unpaired) electrons. The molecule has 0 aliphatic rings. The largest absolute Gasteiger partial charge is 1.00 e. The number of carbonyl (C=O) groups excluding carboxylic acids is 1. The molecule has 0 spiro atoms. The Hall–Kier alpha value is -0.0900. The quantitative estimate of drug-likeness (QED) is 0.150. The third kappa shape index (κ3) is 25.9. The Morgan fingerprint density at radius 3 is 1.33 bits per heavy atom. The number of hydrogen-bond donors (Lipinski definition) is 0. The molecule has 0 aromatic heterocycles. The molecule has 0 aromatic carbocycles. The predicted molar refractivity (Wildman–Crippen MR) is 125 cm³/mol. The summed E-state index contributed by atoms with van der Waals surface area (Å²) < 4.78 is 0. The molecule has 0 aliphatic carbocycles. The number of allylic oxidation sites excluding steroid dienone is 4. The second-order valence-electron chi connectivity index (χ2n) is 8.28. The Balaban J connectivity index is 0. The molecule has 0 fully saturated rings. The van der Waals surface area contributed by atoms with Crippen LogP contribution in [0.15, 0.2) is 24.3 Å². The molecule has 0 unspecified atom stereocenters. The summed E-state index contributed by atoms with van der Waals surface area (Å²) in [4.78, 5) is 13.1.